The Bertz CT molecular complexity index is 447. The summed E-state index contributed by atoms with van der Waals surface area (Å²) in [7, 11) is -3.50. The number of nitriles is 1. The van der Waals surface area contributed by atoms with E-state index in [-0.39, 0.29) is 0 Å². The second kappa shape index (κ2) is 16.6. The smallest absolute Gasteiger partial charge is 0.211 e. The van der Waals surface area contributed by atoms with Crippen molar-refractivity contribution in [1.82, 2.24) is 4.31 Å². The average Bonchev–Trinajstić information content (AvgIpc) is 2.62. The Kier molecular flexibility index (Phi) is 16.2. The summed E-state index contributed by atoms with van der Waals surface area (Å²) >= 11 is 0. The van der Waals surface area contributed by atoms with E-state index in [9.17, 15) is 13.7 Å². The molecule has 0 bridgehead atoms. The van der Waals surface area contributed by atoms with Crippen LogP contribution in [-0.4, -0.2) is 31.1 Å². The molecule has 0 aliphatic carbocycles. The van der Waals surface area contributed by atoms with Crippen LogP contribution < -0.4 is 0 Å². The second-order valence-corrected chi connectivity index (χ2v) is 9.50. The number of hydrogen-bond acceptors (Lipinski definition) is 3. The topological polar surface area (TPSA) is 61.2 Å². The summed E-state index contributed by atoms with van der Waals surface area (Å²) < 4.78 is 27.5. The molecule has 0 aromatic rings. The van der Waals surface area contributed by atoms with Gasteiger partial charge >= 0.3 is 0 Å². The molecule has 0 aromatic heterocycles. The quantitative estimate of drug-likeness (QED) is 0.270. The normalized spacial score (nSPS) is 13.0. The summed E-state index contributed by atoms with van der Waals surface area (Å²) in [6.07, 6.45) is 14.5. The van der Waals surface area contributed by atoms with Gasteiger partial charge in [-0.15, -0.1) is 0 Å². The molecule has 5 heteroatoms. The fourth-order valence-corrected chi connectivity index (χ4v) is 4.91. The molecule has 0 fully saturated rings. The molecule has 1 atom stereocenters. The minimum atomic E-state index is -3.50. The minimum Gasteiger partial charge on any atom is -0.211 e. The van der Waals surface area contributed by atoms with Gasteiger partial charge in [0.25, 0.3) is 0 Å². The van der Waals surface area contributed by atoms with Crippen molar-refractivity contribution in [1.29, 1.82) is 5.26 Å². The van der Waals surface area contributed by atoms with E-state index in [2.05, 4.69) is 26.8 Å². The summed E-state index contributed by atoms with van der Waals surface area (Å²) in [5, 5.41) is 8.60. The molecule has 0 spiro atoms. The lowest BCUT2D eigenvalue weighted by atomic mass is 10.1. The first kappa shape index (κ1) is 25.4. The van der Waals surface area contributed by atoms with Crippen LogP contribution in [0.4, 0.5) is 0 Å². The van der Waals surface area contributed by atoms with Crippen LogP contribution in [0.3, 0.4) is 0 Å². The van der Waals surface area contributed by atoms with Crippen molar-refractivity contribution in [3.63, 3.8) is 0 Å². The first-order valence-electron chi connectivity index (χ1n) is 10.9. The highest BCUT2D eigenvalue weighted by molar-refractivity contribution is 7.90. The van der Waals surface area contributed by atoms with Crippen molar-refractivity contribution in [2.45, 2.75) is 116 Å². The summed E-state index contributed by atoms with van der Waals surface area (Å²) in [6.45, 7) is 7.57. The Morgan fingerprint density at radius 3 is 1.62 bits per heavy atom. The highest BCUT2D eigenvalue weighted by Gasteiger charge is 2.31. The summed E-state index contributed by atoms with van der Waals surface area (Å²) in [4.78, 5) is 0. The number of sulfonamides is 1. The third kappa shape index (κ3) is 11.2. The van der Waals surface area contributed by atoms with Crippen LogP contribution in [0, 0.1) is 11.3 Å². The zero-order valence-electron chi connectivity index (χ0n) is 17.5. The van der Waals surface area contributed by atoms with Crippen LogP contribution in [0.15, 0.2) is 0 Å². The van der Waals surface area contributed by atoms with E-state index >= 15 is 0 Å². The fourth-order valence-electron chi connectivity index (χ4n) is 3.19. The Labute approximate surface area is 163 Å². The number of unbranched alkanes of at least 4 members (excludes halogenated alkanes) is 10. The maximum Gasteiger partial charge on any atom is 0.230 e. The molecule has 0 heterocycles. The molecule has 0 aliphatic rings. The number of hydrogen-bond donors (Lipinski definition) is 0. The van der Waals surface area contributed by atoms with Crippen LogP contribution in [-0.2, 0) is 10.0 Å². The molecule has 0 amide bonds. The molecule has 0 N–H and O–H groups in total. The highest BCUT2D eigenvalue weighted by atomic mass is 32.2. The van der Waals surface area contributed by atoms with Crippen molar-refractivity contribution in [3.05, 3.63) is 0 Å². The first-order chi connectivity index (χ1) is 12.5. The Morgan fingerprint density at radius 2 is 1.15 bits per heavy atom. The van der Waals surface area contributed by atoms with Gasteiger partial charge in [-0.3, -0.25) is 0 Å². The van der Waals surface area contributed by atoms with E-state index in [1.807, 2.05) is 0 Å². The second-order valence-electron chi connectivity index (χ2n) is 7.39. The van der Waals surface area contributed by atoms with Gasteiger partial charge in [-0.05, 0) is 19.3 Å². The number of rotatable bonds is 18. The van der Waals surface area contributed by atoms with Gasteiger partial charge in [0.05, 0.1) is 6.07 Å². The SMILES string of the molecule is CCCCCCCCCC(C#N)S(=O)(=O)N(CCCCC)CCCCC. The van der Waals surface area contributed by atoms with Crippen molar-refractivity contribution in [2.24, 2.45) is 0 Å². The van der Waals surface area contributed by atoms with Gasteiger partial charge in [0.15, 0.2) is 5.25 Å². The van der Waals surface area contributed by atoms with E-state index < -0.39 is 15.3 Å². The van der Waals surface area contributed by atoms with Crippen LogP contribution in [0.5, 0.6) is 0 Å². The van der Waals surface area contributed by atoms with E-state index in [4.69, 9.17) is 0 Å². The third-order valence-electron chi connectivity index (χ3n) is 4.96. The van der Waals surface area contributed by atoms with E-state index in [1.165, 1.54) is 25.7 Å². The molecule has 0 aromatic carbocycles. The van der Waals surface area contributed by atoms with Crippen LogP contribution in [0.25, 0.3) is 0 Å². The van der Waals surface area contributed by atoms with Crippen LogP contribution >= 0.6 is 0 Å². The van der Waals surface area contributed by atoms with Gasteiger partial charge in [0.1, 0.15) is 0 Å². The van der Waals surface area contributed by atoms with E-state index in [0.29, 0.717) is 19.5 Å². The molecule has 0 saturated heterocycles. The van der Waals surface area contributed by atoms with Crippen LogP contribution in [0.1, 0.15) is 111 Å². The lowest BCUT2D eigenvalue weighted by Crippen LogP contribution is -2.39. The predicted octanol–water partition coefficient (Wildman–Crippen LogP) is 6.03. The zero-order valence-corrected chi connectivity index (χ0v) is 18.3. The summed E-state index contributed by atoms with van der Waals surface area (Å²) in [5.41, 5.74) is 0. The van der Waals surface area contributed by atoms with Gasteiger partial charge in [-0.2, -0.15) is 5.26 Å². The highest BCUT2D eigenvalue weighted by Crippen LogP contribution is 2.18. The first-order valence-corrected chi connectivity index (χ1v) is 12.4. The zero-order chi connectivity index (χ0) is 19.7. The predicted molar refractivity (Wildman–Crippen MR) is 112 cm³/mol. The molecule has 0 radical (unpaired) electrons. The fraction of sp³-hybridized carbons (Fsp3) is 0.952. The lowest BCUT2D eigenvalue weighted by molar-refractivity contribution is 0.384. The Morgan fingerprint density at radius 1 is 0.731 bits per heavy atom. The lowest BCUT2D eigenvalue weighted by Gasteiger charge is -2.24. The monoisotopic (exact) mass is 386 g/mol. The summed E-state index contributed by atoms with van der Waals surface area (Å²) in [5.74, 6) is 0. The molecule has 0 rings (SSSR count). The maximum atomic E-state index is 13.0. The third-order valence-corrected chi connectivity index (χ3v) is 7.10. The molecular formula is C21H42N2O2S. The molecule has 0 saturated carbocycles. The summed E-state index contributed by atoms with van der Waals surface area (Å²) in [6, 6.07) is 2.09. The molecule has 154 valence electrons. The standard InChI is InChI=1S/C21H42N2O2S/c1-4-7-10-11-12-13-14-17-21(20-22)26(24,25)23(18-15-8-5-2)19-16-9-6-3/h21H,4-19H2,1-3H3. The largest absolute Gasteiger partial charge is 0.230 e. The maximum absolute atomic E-state index is 13.0. The van der Waals surface area contributed by atoms with Crippen molar-refractivity contribution in [3.8, 4) is 6.07 Å². The van der Waals surface area contributed by atoms with Gasteiger partial charge in [-0.1, -0.05) is 91.4 Å². The van der Waals surface area contributed by atoms with E-state index in [1.54, 1.807) is 4.31 Å². The average molecular weight is 387 g/mol. The van der Waals surface area contributed by atoms with Crippen molar-refractivity contribution >= 4 is 10.0 Å². The van der Waals surface area contributed by atoms with Crippen molar-refractivity contribution in [2.75, 3.05) is 13.1 Å². The molecule has 1 unspecified atom stereocenters. The van der Waals surface area contributed by atoms with Crippen LogP contribution in [0.2, 0.25) is 0 Å². The molecule has 4 nitrogen and oxygen atoms in total. The molecular weight excluding hydrogens is 344 g/mol. The Hall–Kier alpha value is -0.600. The van der Waals surface area contributed by atoms with E-state index in [0.717, 1.165) is 57.8 Å². The van der Waals surface area contributed by atoms with Gasteiger partial charge in [0.2, 0.25) is 10.0 Å². The minimum absolute atomic E-state index is 0.477. The van der Waals surface area contributed by atoms with Gasteiger partial charge in [0, 0.05) is 13.1 Å². The van der Waals surface area contributed by atoms with Gasteiger partial charge < -0.3 is 0 Å². The molecule has 0 aliphatic heterocycles. The van der Waals surface area contributed by atoms with Gasteiger partial charge in [-0.25, -0.2) is 12.7 Å². The number of nitrogens with zero attached hydrogens (tertiary/aromatic N) is 2. The Balaban J connectivity index is 4.57. The van der Waals surface area contributed by atoms with Crippen molar-refractivity contribution < 1.29 is 8.42 Å². The molecule has 26 heavy (non-hydrogen) atoms.